The molecule has 2 aromatic rings. The molecule has 2 aromatic carbocycles. The smallest absolute Gasteiger partial charge is 0.387 e. The van der Waals surface area contributed by atoms with Gasteiger partial charge in [-0.05, 0) is 52.7 Å². The van der Waals surface area contributed by atoms with E-state index in [0.717, 1.165) is 5.56 Å². The van der Waals surface area contributed by atoms with Gasteiger partial charge in [0.25, 0.3) is 0 Å². The van der Waals surface area contributed by atoms with Gasteiger partial charge in [-0.2, -0.15) is 8.78 Å². The lowest BCUT2D eigenvalue weighted by atomic mass is 10.1. The van der Waals surface area contributed by atoms with Crippen molar-refractivity contribution in [1.82, 2.24) is 0 Å². The highest BCUT2D eigenvalue weighted by atomic mass is 79.9. The number of anilines is 1. The summed E-state index contributed by atoms with van der Waals surface area (Å²) in [4.78, 5) is 0. The highest BCUT2D eigenvalue weighted by molar-refractivity contribution is 9.10. The SMILES string of the molecule is CC(Nc1c(F)cccc1Br)c1ccc(OC(F)F)cc1. The molecule has 0 amide bonds. The Kier molecular flexibility index (Phi) is 5.12. The number of rotatable bonds is 5. The molecule has 0 radical (unpaired) electrons. The molecule has 0 aliphatic carbocycles. The lowest BCUT2D eigenvalue weighted by molar-refractivity contribution is -0.0498. The predicted octanol–water partition coefficient (Wildman–Crippen LogP) is 5.36. The molecule has 0 aliphatic heterocycles. The van der Waals surface area contributed by atoms with Gasteiger partial charge in [0.05, 0.1) is 5.69 Å². The van der Waals surface area contributed by atoms with Crippen LogP contribution in [0.3, 0.4) is 0 Å². The maximum Gasteiger partial charge on any atom is 0.387 e. The van der Waals surface area contributed by atoms with Crippen molar-refractivity contribution in [2.45, 2.75) is 19.6 Å². The van der Waals surface area contributed by atoms with E-state index in [1.165, 1.54) is 18.2 Å². The molecule has 1 N–H and O–H groups in total. The minimum atomic E-state index is -2.85. The number of nitrogens with one attached hydrogen (secondary N) is 1. The third kappa shape index (κ3) is 4.14. The van der Waals surface area contributed by atoms with E-state index in [-0.39, 0.29) is 17.6 Å². The van der Waals surface area contributed by atoms with Gasteiger partial charge in [0, 0.05) is 10.5 Å². The number of para-hydroxylation sites is 1. The van der Waals surface area contributed by atoms with Crippen molar-refractivity contribution in [3.8, 4) is 5.75 Å². The summed E-state index contributed by atoms with van der Waals surface area (Å²) in [6, 6.07) is 10.7. The normalized spacial score (nSPS) is 12.3. The summed E-state index contributed by atoms with van der Waals surface area (Å²) in [7, 11) is 0. The first kappa shape index (κ1) is 15.7. The standard InChI is InChI=1S/C15H13BrF3NO/c1-9(20-14-12(16)3-2-4-13(14)17)10-5-7-11(8-6-10)21-15(18)19/h2-9,15,20H,1H3. The van der Waals surface area contributed by atoms with Crippen LogP contribution in [0.15, 0.2) is 46.9 Å². The Hall–Kier alpha value is -1.69. The Balaban J connectivity index is 2.11. The van der Waals surface area contributed by atoms with E-state index in [0.29, 0.717) is 10.2 Å². The maximum absolute atomic E-state index is 13.7. The van der Waals surface area contributed by atoms with Crippen LogP contribution in [0.4, 0.5) is 18.9 Å². The molecule has 0 spiro atoms. The number of ether oxygens (including phenoxy) is 1. The largest absolute Gasteiger partial charge is 0.435 e. The van der Waals surface area contributed by atoms with Gasteiger partial charge < -0.3 is 10.1 Å². The van der Waals surface area contributed by atoms with Gasteiger partial charge in [0.15, 0.2) is 0 Å². The molecule has 0 fully saturated rings. The summed E-state index contributed by atoms with van der Waals surface area (Å²) in [6.07, 6.45) is 0. The van der Waals surface area contributed by atoms with E-state index < -0.39 is 6.61 Å². The Morgan fingerprint density at radius 3 is 2.33 bits per heavy atom. The van der Waals surface area contributed by atoms with E-state index in [4.69, 9.17) is 0 Å². The summed E-state index contributed by atoms with van der Waals surface area (Å²) in [5, 5.41) is 3.04. The Morgan fingerprint density at radius 1 is 1.10 bits per heavy atom. The van der Waals surface area contributed by atoms with E-state index in [1.54, 1.807) is 24.3 Å². The average Bonchev–Trinajstić information content (AvgIpc) is 2.43. The van der Waals surface area contributed by atoms with Crippen molar-refractivity contribution in [2.24, 2.45) is 0 Å². The highest BCUT2D eigenvalue weighted by Crippen LogP contribution is 2.29. The van der Waals surface area contributed by atoms with Crippen molar-refractivity contribution in [2.75, 3.05) is 5.32 Å². The zero-order chi connectivity index (χ0) is 15.4. The van der Waals surface area contributed by atoms with Crippen LogP contribution < -0.4 is 10.1 Å². The van der Waals surface area contributed by atoms with Crippen LogP contribution in [0, 0.1) is 5.82 Å². The molecule has 21 heavy (non-hydrogen) atoms. The van der Waals surface area contributed by atoms with Crippen LogP contribution in [-0.4, -0.2) is 6.61 Å². The molecule has 112 valence electrons. The van der Waals surface area contributed by atoms with Gasteiger partial charge in [-0.3, -0.25) is 0 Å². The first-order chi connectivity index (χ1) is 9.97. The minimum Gasteiger partial charge on any atom is -0.435 e. The highest BCUT2D eigenvalue weighted by Gasteiger charge is 2.12. The number of hydrogen-bond donors (Lipinski definition) is 1. The van der Waals surface area contributed by atoms with Gasteiger partial charge in [0.1, 0.15) is 11.6 Å². The Labute approximate surface area is 129 Å². The Morgan fingerprint density at radius 2 is 1.76 bits per heavy atom. The molecular formula is C15H13BrF3NO. The van der Waals surface area contributed by atoms with Crippen molar-refractivity contribution in [1.29, 1.82) is 0 Å². The second-order valence-corrected chi connectivity index (χ2v) is 5.26. The molecule has 0 saturated carbocycles. The van der Waals surface area contributed by atoms with E-state index in [9.17, 15) is 13.2 Å². The predicted molar refractivity (Wildman–Crippen MR) is 79.2 cm³/mol. The van der Waals surface area contributed by atoms with Crippen molar-refractivity contribution < 1.29 is 17.9 Å². The number of benzene rings is 2. The van der Waals surface area contributed by atoms with Gasteiger partial charge in [-0.25, -0.2) is 4.39 Å². The lowest BCUT2D eigenvalue weighted by Crippen LogP contribution is -2.09. The third-order valence-electron chi connectivity index (χ3n) is 2.93. The van der Waals surface area contributed by atoms with Crippen molar-refractivity contribution in [3.05, 3.63) is 58.3 Å². The molecule has 0 aromatic heterocycles. The van der Waals surface area contributed by atoms with Crippen LogP contribution in [0.1, 0.15) is 18.5 Å². The first-order valence-electron chi connectivity index (χ1n) is 6.22. The van der Waals surface area contributed by atoms with Crippen LogP contribution in [0.2, 0.25) is 0 Å². The minimum absolute atomic E-state index is 0.0908. The molecule has 0 aliphatic rings. The lowest BCUT2D eigenvalue weighted by Gasteiger charge is -2.18. The molecule has 0 saturated heterocycles. The van der Waals surface area contributed by atoms with Gasteiger partial charge >= 0.3 is 6.61 Å². The topological polar surface area (TPSA) is 21.3 Å². The maximum atomic E-state index is 13.7. The first-order valence-corrected chi connectivity index (χ1v) is 7.02. The van der Waals surface area contributed by atoms with E-state index in [1.807, 2.05) is 6.92 Å². The van der Waals surface area contributed by atoms with Crippen LogP contribution in [0.25, 0.3) is 0 Å². The zero-order valence-electron chi connectivity index (χ0n) is 11.1. The van der Waals surface area contributed by atoms with E-state index in [2.05, 4.69) is 26.0 Å². The Bertz CT molecular complexity index is 584. The summed E-state index contributed by atoms with van der Waals surface area (Å²) in [5.41, 5.74) is 1.18. The fourth-order valence-corrected chi connectivity index (χ4v) is 2.33. The molecule has 6 heteroatoms. The fraction of sp³-hybridized carbons (Fsp3) is 0.200. The van der Waals surface area contributed by atoms with Crippen LogP contribution in [-0.2, 0) is 0 Å². The summed E-state index contributed by atoms with van der Waals surface area (Å²) >= 11 is 3.28. The third-order valence-corrected chi connectivity index (χ3v) is 3.59. The number of hydrogen-bond acceptors (Lipinski definition) is 2. The number of halogens is 4. The van der Waals surface area contributed by atoms with Gasteiger partial charge in [-0.1, -0.05) is 18.2 Å². The fourth-order valence-electron chi connectivity index (χ4n) is 1.87. The van der Waals surface area contributed by atoms with Crippen molar-refractivity contribution in [3.63, 3.8) is 0 Å². The molecular weight excluding hydrogens is 347 g/mol. The van der Waals surface area contributed by atoms with Gasteiger partial charge in [0.2, 0.25) is 0 Å². The van der Waals surface area contributed by atoms with Crippen LogP contribution >= 0.6 is 15.9 Å². The second kappa shape index (κ2) is 6.85. The summed E-state index contributed by atoms with van der Waals surface area (Å²) in [5.74, 6) is -0.276. The quantitative estimate of drug-likeness (QED) is 0.775. The zero-order valence-corrected chi connectivity index (χ0v) is 12.7. The summed E-state index contributed by atoms with van der Waals surface area (Å²) < 4.78 is 42.8. The van der Waals surface area contributed by atoms with E-state index >= 15 is 0 Å². The number of alkyl halides is 2. The average molecular weight is 360 g/mol. The summed E-state index contributed by atoms with van der Waals surface area (Å²) in [6.45, 7) is -0.997. The molecule has 0 heterocycles. The molecule has 2 rings (SSSR count). The molecule has 2 nitrogen and oxygen atoms in total. The van der Waals surface area contributed by atoms with Crippen molar-refractivity contribution >= 4 is 21.6 Å². The van der Waals surface area contributed by atoms with Crippen LogP contribution in [0.5, 0.6) is 5.75 Å². The molecule has 0 bridgehead atoms. The molecule has 1 atom stereocenters. The monoisotopic (exact) mass is 359 g/mol. The molecule has 1 unspecified atom stereocenters. The second-order valence-electron chi connectivity index (χ2n) is 4.41. The van der Waals surface area contributed by atoms with Gasteiger partial charge in [-0.15, -0.1) is 0 Å².